The van der Waals surface area contributed by atoms with Crippen LogP contribution in [0, 0.1) is 0 Å². The maximum atomic E-state index is 12.8. The van der Waals surface area contributed by atoms with Gasteiger partial charge in [-0.15, -0.1) is 0 Å². The quantitative estimate of drug-likeness (QED) is 0.0262. The largest absolute Gasteiger partial charge is 0.462 e. The van der Waals surface area contributed by atoms with Gasteiger partial charge in [-0.2, -0.15) is 0 Å². The summed E-state index contributed by atoms with van der Waals surface area (Å²) in [6.45, 7) is 6.38. The molecule has 0 N–H and O–H groups in total. The fraction of sp³-hybridized carbons (Fsp3) is 0.678. The molecule has 0 aromatic rings. The third kappa shape index (κ3) is 51.2. The molecule has 0 spiro atoms. The zero-order chi connectivity index (χ0) is 47.2. The zero-order valence-corrected chi connectivity index (χ0v) is 42.2. The molecule has 0 amide bonds. The Morgan fingerprint density at radius 3 is 1.00 bits per heavy atom. The fourth-order valence-electron chi connectivity index (χ4n) is 7.24. The molecular formula is C59H98O6. The Balaban J connectivity index is 4.46. The lowest BCUT2D eigenvalue weighted by Crippen LogP contribution is -2.30. The van der Waals surface area contributed by atoms with Gasteiger partial charge in [0.2, 0.25) is 0 Å². The number of hydrogen-bond donors (Lipinski definition) is 0. The Kier molecular flexibility index (Phi) is 50.0. The molecule has 0 saturated heterocycles. The van der Waals surface area contributed by atoms with E-state index in [1.807, 2.05) is 24.3 Å². The molecule has 0 aliphatic carbocycles. The van der Waals surface area contributed by atoms with Crippen LogP contribution in [0.15, 0.2) is 97.2 Å². The van der Waals surface area contributed by atoms with Gasteiger partial charge in [-0.3, -0.25) is 14.4 Å². The van der Waals surface area contributed by atoms with Gasteiger partial charge >= 0.3 is 17.9 Å². The van der Waals surface area contributed by atoms with Crippen molar-refractivity contribution in [1.29, 1.82) is 0 Å². The van der Waals surface area contributed by atoms with Crippen molar-refractivity contribution in [2.45, 2.75) is 245 Å². The number of hydrogen-bond acceptors (Lipinski definition) is 6. The van der Waals surface area contributed by atoms with Crippen LogP contribution in [-0.4, -0.2) is 37.2 Å². The monoisotopic (exact) mass is 903 g/mol. The molecular weight excluding hydrogens is 805 g/mol. The first kappa shape index (κ1) is 61.3. The van der Waals surface area contributed by atoms with Crippen molar-refractivity contribution >= 4 is 17.9 Å². The molecule has 1 unspecified atom stereocenters. The van der Waals surface area contributed by atoms with Crippen LogP contribution in [0.4, 0.5) is 0 Å². The van der Waals surface area contributed by atoms with Gasteiger partial charge in [-0.25, -0.2) is 0 Å². The molecule has 370 valence electrons. The third-order valence-corrected chi connectivity index (χ3v) is 11.2. The van der Waals surface area contributed by atoms with Crippen LogP contribution in [0.25, 0.3) is 0 Å². The van der Waals surface area contributed by atoms with Crippen LogP contribution in [-0.2, 0) is 28.6 Å². The van der Waals surface area contributed by atoms with Crippen LogP contribution < -0.4 is 0 Å². The summed E-state index contributed by atoms with van der Waals surface area (Å²) >= 11 is 0. The summed E-state index contributed by atoms with van der Waals surface area (Å²) in [6, 6.07) is 0. The van der Waals surface area contributed by atoms with Gasteiger partial charge in [0.25, 0.3) is 0 Å². The van der Waals surface area contributed by atoms with E-state index >= 15 is 0 Å². The third-order valence-electron chi connectivity index (χ3n) is 11.2. The summed E-state index contributed by atoms with van der Waals surface area (Å²) < 4.78 is 16.8. The van der Waals surface area contributed by atoms with Gasteiger partial charge < -0.3 is 14.2 Å². The average Bonchev–Trinajstić information content (AvgIpc) is 3.30. The van der Waals surface area contributed by atoms with Crippen molar-refractivity contribution in [1.82, 2.24) is 0 Å². The Bertz CT molecular complexity index is 1310. The van der Waals surface area contributed by atoms with Crippen LogP contribution in [0.5, 0.6) is 0 Å². The van der Waals surface area contributed by atoms with Crippen LogP contribution in [0.2, 0.25) is 0 Å². The molecule has 0 radical (unpaired) electrons. The highest BCUT2D eigenvalue weighted by Crippen LogP contribution is 2.15. The molecule has 0 aromatic heterocycles. The molecule has 1 atom stereocenters. The Morgan fingerprint density at radius 2 is 0.631 bits per heavy atom. The number of carbonyl (C=O) groups excluding carboxylic acids is 3. The Labute approximate surface area is 400 Å². The predicted octanol–water partition coefficient (Wildman–Crippen LogP) is 17.8. The maximum absolute atomic E-state index is 12.8. The van der Waals surface area contributed by atoms with Gasteiger partial charge in [0.05, 0.1) is 0 Å². The van der Waals surface area contributed by atoms with Gasteiger partial charge in [-0.1, -0.05) is 259 Å². The molecule has 0 saturated carbocycles. The molecule has 65 heavy (non-hydrogen) atoms. The molecule has 0 bridgehead atoms. The minimum Gasteiger partial charge on any atom is -0.462 e. The molecule has 0 rings (SSSR count). The number of ether oxygens (including phenoxy) is 3. The van der Waals surface area contributed by atoms with E-state index in [0.29, 0.717) is 19.3 Å². The highest BCUT2D eigenvalue weighted by atomic mass is 16.6. The number of esters is 3. The molecule has 6 heteroatoms. The van der Waals surface area contributed by atoms with E-state index in [-0.39, 0.29) is 31.1 Å². The van der Waals surface area contributed by atoms with Crippen LogP contribution in [0.1, 0.15) is 239 Å². The summed E-state index contributed by atoms with van der Waals surface area (Å²) in [5.74, 6) is -0.938. The highest BCUT2D eigenvalue weighted by Gasteiger charge is 2.19. The lowest BCUT2D eigenvalue weighted by Gasteiger charge is -2.18. The van der Waals surface area contributed by atoms with Gasteiger partial charge in [0, 0.05) is 19.3 Å². The Morgan fingerprint density at radius 1 is 0.323 bits per heavy atom. The SMILES string of the molecule is CC\C=C/C=C\C=C/CCCCCCCC(=O)OCC(COC(=O)CCCCCCC\C=C/C=C\C=C/C=C\C=C/CCC)OC(=O)CCCCCCCCCCCCCCCCCC. The standard InChI is InChI=1S/C59H98O6/c1-4-7-10-13-16-19-22-25-27-29-30-32-34-37-40-43-46-49-52-58(61)64-55-56(54-63-57(60)51-48-45-42-39-36-33-24-21-18-15-12-9-6-3)65-59(62)53-50-47-44-41-38-35-31-28-26-23-20-17-14-11-8-5-2/h9-10,12-13,15-16,18-19,21-22,24-25,27,29-30,32,56H,4-8,11,14,17,20,23,26,28,31,33-55H2,1-3H3/b12-9-,13-10-,18-15-,19-16-,24-21-,25-22-,29-27-,32-30-. The van der Waals surface area contributed by atoms with Gasteiger partial charge in [0.1, 0.15) is 13.2 Å². The van der Waals surface area contributed by atoms with Crippen LogP contribution in [0.3, 0.4) is 0 Å². The van der Waals surface area contributed by atoms with Gasteiger partial charge in [-0.05, 0) is 57.8 Å². The second kappa shape index (κ2) is 52.9. The second-order valence-corrected chi connectivity index (χ2v) is 17.6. The number of rotatable bonds is 47. The van der Waals surface area contributed by atoms with E-state index in [0.717, 1.165) is 109 Å². The van der Waals surface area contributed by atoms with Crippen molar-refractivity contribution < 1.29 is 28.6 Å². The minimum absolute atomic E-state index is 0.0961. The van der Waals surface area contributed by atoms with E-state index in [1.165, 1.54) is 89.9 Å². The van der Waals surface area contributed by atoms with Gasteiger partial charge in [0.15, 0.2) is 6.10 Å². The van der Waals surface area contributed by atoms with E-state index in [9.17, 15) is 14.4 Å². The topological polar surface area (TPSA) is 78.9 Å². The van der Waals surface area contributed by atoms with E-state index in [1.54, 1.807) is 0 Å². The first-order valence-corrected chi connectivity index (χ1v) is 26.8. The smallest absolute Gasteiger partial charge is 0.306 e. The molecule has 6 nitrogen and oxygen atoms in total. The maximum Gasteiger partial charge on any atom is 0.306 e. The normalized spacial score (nSPS) is 12.8. The lowest BCUT2D eigenvalue weighted by molar-refractivity contribution is -0.167. The average molecular weight is 903 g/mol. The van der Waals surface area contributed by atoms with E-state index in [4.69, 9.17) is 14.2 Å². The summed E-state index contributed by atoms with van der Waals surface area (Å²) in [7, 11) is 0. The molecule has 0 aromatic carbocycles. The van der Waals surface area contributed by atoms with Crippen LogP contribution >= 0.6 is 0 Å². The number of carbonyl (C=O) groups is 3. The van der Waals surface area contributed by atoms with Crippen molar-refractivity contribution in [3.05, 3.63) is 97.2 Å². The molecule has 0 aliphatic heterocycles. The molecule has 0 aliphatic rings. The van der Waals surface area contributed by atoms with E-state index < -0.39 is 6.10 Å². The zero-order valence-electron chi connectivity index (χ0n) is 42.2. The number of allylic oxidation sites excluding steroid dienone is 16. The summed E-state index contributed by atoms with van der Waals surface area (Å²) in [5, 5.41) is 0. The summed E-state index contributed by atoms with van der Waals surface area (Å²) in [6.07, 6.45) is 69.5. The van der Waals surface area contributed by atoms with Crippen molar-refractivity contribution in [2.75, 3.05) is 13.2 Å². The van der Waals surface area contributed by atoms with Crippen molar-refractivity contribution in [3.8, 4) is 0 Å². The number of unbranched alkanes of at least 4 members (excludes halogenated alkanes) is 26. The Hall–Kier alpha value is -3.67. The summed E-state index contributed by atoms with van der Waals surface area (Å²) in [4.78, 5) is 38.0. The molecule has 0 fully saturated rings. The second-order valence-electron chi connectivity index (χ2n) is 17.6. The minimum atomic E-state index is -0.796. The van der Waals surface area contributed by atoms with Crippen molar-refractivity contribution in [3.63, 3.8) is 0 Å². The fourth-order valence-corrected chi connectivity index (χ4v) is 7.24. The highest BCUT2D eigenvalue weighted by molar-refractivity contribution is 5.71. The predicted molar refractivity (Wildman–Crippen MR) is 279 cm³/mol. The van der Waals surface area contributed by atoms with Crippen molar-refractivity contribution in [2.24, 2.45) is 0 Å². The first-order chi connectivity index (χ1) is 32.0. The molecule has 0 heterocycles. The summed E-state index contributed by atoms with van der Waals surface area (Å²) in [5.41, 5.74) is 0. The van der Waals surface area contributed by atoms with E-state index in [2.05, 4.69) is 93.7 Å². The lowest BCUT2D eigenvalue weighted by atomic mass is 10.0. The first-order valence-electron chi connectivity index (χ1n) is 26.8.